The lowest BCUT2D eigenvalue weighted by molar-refractivity contribution is -0.0695. The van der Waals surface area contributed by atoms with Crippen LogP contribution >= 0.6 is 0 Å². The molecule has 3 nitrogen and oxygen atoms in total. The fourth-order valence-electron chi connectivity index (χ4n) is 2.52. The van der Waals surface area contributed by atoms with Crippen LogP contribution < -0.4 is 0 Å². The van der Waals surface area contributed by atoms with Gasteiger partial charge in [-0.15, -0.1) is 0 Å². The standard InChI is InChI=1S/C14H21NO2/c1-11(12-4-6-13(16)7-5-12)15-8-9-17-10-14(15,2)3/h4-7,11,16H,8-10H2,1-3H3. The number of hydrogen-bond donors (Lipinski definition) is 1. The van der Waals surface area contributed by atoms with Crippen molar-refractivity contribution < 1.29 is 9.84 Å². The molecule has 1 aromatic carbocycles. The van der Waals surface area contributed by atoms with Crippen molar-refractivity contribution in [1.82, 2.24) is 4.90 Å². The monoisotopic (exact) mass is 235 g/mol. The van der Waals surface area contributed by atoms with Crippen LogP contribution in [0.2, 0.25) is 0 Å². The summed E-state index contributed by atoms with van der Waals surface area (Å²) in [6.45, 7) is 9.15. The topological polar surface area (TPSA) is 32.7 Å². The third kappa shape index (κ3) is 2.61. The van der Waals surface area contributed by atoms with Crippen molar-refractivity contribution in [2.45, 2.75) is 32.4 Å². The van der Waals surface area contributed by atoms with Gasteiger partial charge >= 0.3 is 0 Å². The van der Waals surface area contributed by atoms with Crippen LogP contribution in [0.4, 0.5) is 0 Å². The average Bonchev–Trinajstić information content (AvgIpc) is 2.28. The summed E-state index contributed by atoms with van der Waals surface area (Å²) in [5.41, 5.74) is 1.30. The van der Waals surface area contributed by atoms with Gasteiger partial charge in [0.2, 0.25) is 0 Å². The highest BCUT2D eigenvalue weighted by molar-refractivity contribution is 5.28. The van der Waals surface area contributed by atoms with Gasteiger partial charge in [0.15, 0.2) is 0 Å². The third-order valence-corrected chi connectivity index (χ3v) is 3.55. The molecular weight excluding hydrogens is 214 g/mol. The first kappa shape index (κ1) is 12.4. The largest absolute Gasteiger partial charge is 0.508 e. The highest BCUT2D eigenvalue weighted by Crippen LogP contribution is 2.30. The maximum atomic E-state index is 9.32. The van der Waals surface area contributed by atoms with Crippen LogP contribution in [-0.2, 0) is 4.74 Å². The first-order chi connectivity index (χ1) is 8.00. The summed E-state index contributed by atoms with van der Waals surface area (Å²) in [5.74, 6) is 0.321. The number of nitrogens with zero attached hydrogens (tertiary/aromatic N) is 1. The first-order valence-corrected chi connectivity index (χ1v) is 6.14. The van der Waals surface area contributed by atoms with Crippen molar-refractivity contribution in [1.29, 1.82) is 0 Å². The molecule has 0 amide bonds. The molecule has 17 heavy (non-hydrogen) atoms. The second kappa shape index (κ2) is 4.67. The number of rotatable bonds is 2. The van der Waals surface area contributed by atoms with E-state index in [0.717, 1.165) is 19.8 Å². The summed E-state index contributed by atoms with van der Waals surface area (Å²) in [6, 6.07) is 7.82. The third-order valence-electron chi connectivity index (χ3n) is 3.55. The van der Waals surface area contributed by atoms with Crippen LogP contribution in [0, 0.1) is 0 Å². The Bertz CT molecular complexity index is 372. The normalized spacial score (nSPS) is 22.3. The number of benzene rings is 1. The Morgan fingerprint density at radius 2 is 1.94 bits per heavy atom. The van der Waals surface area contributed by atoms with Crippen molar-refractivity contribution in [3.05, 3.63) is 29.8 Å². The second-order valence-corrected chi connectivity index (χ2v) is 5.33. The first-order valence-electron chi connectivity index (χ1n) is 6.14. The summed E-state index contributed by atoms with van der Waals surface area (Å²) in [6.07, 6.45) is 0. The zero-order chi connectivity index (χ0) is 12.5. The summed E-state index contributed by atoms with van der Waals surface area (Å²) >= 11 is 0. The minimum absolute atomic E-state index is 0.0650. The quantitative estimate of drug-likeness (QED) is 0.855. The highest BCUT2D eigenvalue weighted by Gasteiger charge is 2.34. The van der Waals surface area contributed by atoms with Gasteiger partial charge in [0, 0.05) is 18.1 Å². The van der Waals surface area contributed by atoms with Crippen molar-refractivity contribution >= 4 is 0 Å². The Morgan fingerprint density at radius 1 is 1.29 bits per heavy atom. The predicted molar refractivity (Wildman–Crippen MR) is 68.1 cm³/mol. The summed E-state index contributed by atoms with van der Waals surface area (Å²) < 4.78 is 5.54. The smallest absolute Gasteiger partial charge is 0.115 e. The summed E-state index contributed by atoms with van der Waals surface area (Å²) in [4.78, 5) is 2.46. The average molecular weight is 235 g/mol. The fraction of sp³-hybridized carbons (Fsp3) is 0.571. The molecule has 1 saturated heterocycles. The minimum Gasteiger partial charge on any atom is -0.508 e. The van der Waals surface area contributed by atoms with Crippen LogP contribution in [0.1, 0.15) is 32.4 Å². The van der Waals surface area contributed by atoms with E-state index in [4.69, 9.17) is 4.74 Å². The molecule has 0 saturated carbocycles. The lowest BCUT2D eigenvalue weighted by atomic mass is 9.96. The Hall–Kier alpha value is -1.06. The molecule has 0 radical (unpaired) electrons. The van der Waals surface area contributed by atoms with E-state index in [0.29, 0.717) is 11.8 Å². The Kier molecular flexibility index (Phi) is 3.40. The molecule has 94 valence electrons. The second-order valence-electron chi connectivity index (χ2n) is 5.33. The molecule has 0 aliphatic carbocycles. The van der Waals surface area contributed by atoms with Gasteiger partial charge < -0.3 is 9.84 Å². The molecule has 0 aromatic heterocycles. The van der Waals surface area contributed by atoms with Crippen molar-refractivity contribution in [3.63, 3.8) is 0 Å². The maximum Gasteiger partial charge on any atom is 0.115 e. The summed E-state index contributed by atoms with van der Waals surface area (Å²) in [5, 5.41) is 9.32. The predicted octanol–water partition coefficient (Wildman–Crippen LogP) is 2.56. The van der Waals surface area contributed by atoms with Crippen LogP contribution in [-0.4, -0.2) is 35.3 Å². The molecular formula is C14H21NO2. The molecule has 1 aromatic rings. The van der Waals surface area contributed by atoms with Gasteiger partial charge in [-0.2, -0.15) is 0 Å². The summed E-state index contributed by atoms with van der Waals surface area (Å²) in [7, 11) is 0. The molecule has 1 aliphatic heterocycles. The molecule has 1 atom stereocenters. The zero-order valence-corrected chi connectivity index (χ0v) is 10.8. The van der Waals surface area contributed by atoms with Crippen molar-refractivity contribution in [2.24, 2.45) is 0 Å². The number of phenolic OH excluding ortho intramolecular Hbond substituents is 1. The van der Waals surface area contributed by atoms with Gasteiger partial charge in [-0.3, -0.25) is 4.90 Å². The number of phenols is 1. The molecule has 2 rings (SSSR count). The van der Waals surface area contributed by atoms with Crippen molar-refractivity contribution in [2.75, 3.05) is 19.8 Å². The number of morpholine rings is 1. The maximum absolute atomic E-state index is 9.32. The zero-order valence-electron chi connectivity index (χ0n) is 10.8. The molecule has 0 spiro atoms. The molecule has 1 heterocycles. The molecule has 1 aliphatic rings. The Morgan fingerprint density at radius 3 is 2.53 bits per heavy atom. The van der Waals surface area contributed by atoms with Crippen LogP contribution in [0.3, 0.4) is 0 Å². The van der Waals surface area contributed by atoms with Gasteiger partial charge in [0.05, 0.1) is 13.2 Å². The molecule has 1 fully saturated rings. The van der Waals surface area contributed by atoms with Crippen LogP contribution in [0.25, 0.3) is 0 Å². The van der Waals surface area contributed by atoms with Crippen molar-refractivity contribution in [3.8, 4) is 5.75 Å². The van der Waals surface area contributed by atoms with Gasteiger partial charge in [0.1, 0.15) is 5.75 Å². The van der Waals surface area contributed by atoms with E-state index >= 15 is 0 Å². The Balaban J connectivity index is 2.18. The molecule has 3 heteroatoms. The number of ether oxygens (including phenoxy) is 1. The Labute approximate surface area is 103 Å². The van der Waals surface area contributed by atoms with Gasteiger partial charge in [-0.05, 0) is 38.5 Å². The molecule has 1 N–H and O–H groups in total. The SMILES string of the molecule is CC(c1ccc(O)cc1)N1CCOCC1(C)C. The van der Waals surface area contributed by atoms with E-state index in [1.807, 2.05) is 12.1 Å². The number of aromatic hydroxyl groups is 1. The van der Waals surface area contributed by atoms with E-state index in [1.54, 1.807) is 12.1 Å². The van der Waals surface area contributed by atoms with Gasteiger partial charge in [-0.25, -0.2) is 0 Å². The van der Waals surface area contributed by atoms with E-state index in [9.17, 15) is 5.11 Å². The lowest BCUT2D eigenvalue weighted by Gasteiger charge is -2.45. The van der Waals surface area contributed by atoms with Crippen LogP contribution in [0.5, 0.6) is 5.75 Å². The van der Waals surface area contributed by atoms with E-state index in [1.165, 1.54) is 5.56 Å². The van der Waals surface area contributed by atoms with E-state index in [2.05, 4.69) is 25.7 Å². The minimum atomic E-state index is 0.0650. The van der Waals surface area contributed by atoms with Crippen LogP contribution in [0.15, 0.2) is 24.3 Å². The van der Waals surface area contributed by atoms with E-state index < -0.39 is 0 Å². The fourth-order valence-corrected chi connectivity index (χ4v) is 2.52. The highest BCUT2D eigenvalue weighted by atomic mass is 16.5. The van der Waals surface area contributed by atoms with Gasteiger partial charge in [0.25, 0.3) is 0 Å². The van der Waals surface area contributed by atoms with E-state index in [-0.39, 0.29) is 5.54 Å². The lowest BCUT2D eigenvalue weighted by Crippen LogP contribution is -2.53. The van der Waals surface area contributed by atoms with Gasteiger partial charge in [-0.1, -0.05) is 12.1 Å². The number of hydrogen-bond acceptors (Lipinski definition) is 3. The molecule has 1 unspecified atom stereocenters. The molecule has 0 bridgehead atoms.